The molecule has 0 aromatic carbocycles. The van der Waals surface area contributed by atoms with Crippen LogP contribution in [0.3, 0.4) is 0 Å². The van der Waals surface area contributed by atoms with E-state index in [4.69, 9.17) is 0 Å². The van der Waals surface area contributed by atoms with Crippen molar-refractivity contribution in [1.82, 2.24) is 9.97 Å². The third kappa shape index (κ3) is 2.34. The number of aromatic amines is 1. The molecule has 0 aliphatic rings. The topological polar surface area (TPSA) is 45.8 Å². The van der Waals surface area contributed by atoms with E-state index in [1.54, 1.807) is 12.4 Å². The molecule has 0 aliphatic heterocycles. The van der Waals surface area contributed by atoms with Gasteiger partial charge in [0.15, 0.2) is 11.6 Å². The molecular formula is C9H12N2O. The number of carbonyl (C=O) groups excluding carboxylic acids is 1. The number of aromatic nitrogens is 2. The molecule has 1 N–H and O–H groups in total. The second-order valence-corrected chi connectivity index (χ2v) is 2.54. The van der Waals surface area contributed by atoms with Gasteiger partial charge in [0.05, 0.1) is 0 Å². The number of allylic oxidation sites excluding steroid dienone is 1. The highest BCUT2D eigenvalue weighted by atomic mass is 16.1. The summed E-state index contributed by atoms with van der Waals surface area (Å²) in [5, 5.41) is 0. The van der Waals surface area contributed by atoms with Crippen LogP contribution in [-0.4, -0.2) is 15.8 Å². The van der Waals surface area contributed by atoms with Crippen LogP contribution in [0.4, 0.5) is 0 Å². The fraction of sp³-hybridized carbons (Fsp3) is 0.333. The fourth-order valence-electron chi connectivity index (χ4n) is 0.943. The van der Waals surface area contributed by atoms with Gasteiger partial charge in [0.25, 0.3) is 0 Å². The van der Waals surface area contributed by atoms with Gasteiger partial charge in [0, 0.05) is 18.8 Å². The second kappa shape index (κ2) is 4.49. The summed E-state index contributed by atoms with van der Waals surface area (Å²) >= 11 is 0. The van der Waals surface area contributed by atoms with Crippen LogP contribution in [0.25, 0.3) is 0 Å². The van der Waals surface area contributed by atoms with Gasteiger partial charge in [-0.15, -0.1) is 6.58 Å². The lowest BCUT2D eigenvalue weighted by Crippen LogP contribution is -2.00. The van der Waals surface area contributed by atoms with Crippen LogP contribution < -0.4 is 0 Å². The highest BCUT2D eigenvalue weighted by Gasteiger charge is 2.05. The number of ketones is 1. The maximum absolute atomic E-state index is 11.3. The first-order valence-corrected chi connectivity index (χ1v) is 3.98. The molecule has 0 unspecified atom stereocenters. The lowest BCUT2D eigenvalue weighted by molar-refractivity contribution is 0.0971. The van der Waals surface area contributed by atoms with Gasteiger partial charge < -0.3 is 4.98 Å². The van der Waals surface area contributed by atoms with E-state index < -0.39 is 0 Å². The first kappa shape index (κ1) is 8.71. The molecule has 3 heteroatoms. The molecule has 3 nitrogen and oxygen atoms in total. The van der Waals surface area contributed by atoms with E-state index in [0.29, 0.717) is 12.2 Å². The van der Waals surface area contributed by atoms with Crippen LogP contribution in [0.2, 0.25) is 0 Å². The first-order chi connectivity index (χ1) is 5.84. The fourth-order valence-corrected chi connectivity index (χ4v) is 0.943. The van der Waals surface area contributed by atoms with Crippen LogP contribution in [0, 0.1) is 0 Å². The third-order valence-corrected chi connectivity index (χ3v) is 1.57. The number of carbonyl (C=O) groups is 1. The number of hydrogen-bond acceptors (Lipinski definition) is 2. The predicted molar refractivity (Wildman–Crippen MR) is 47.0 cm³/mol. The van der Waals surface area contributed by atoms with Crippen molar-refractivity contribution < 1.29 is 4.79 Å². The zero-order chi connectivity index (χ0) is 8.81. The summed E-state index contributed by atoms with van der Waals surface area (Å²) in [6.07, 6.45) is 7.33. The Balaban J connectivity index is 2.34. The number of imidazole rings is 1. The molecule has 1 aromatic rings. The Hall–Kier alpha value is -1.38. The SMILES string of the molecule is C=CCCCC(=O)c1ncc[nH]1. The van der Waals surface area contributed by atoms with Gasteiger partial charge in [-0.1, -0.05) is 6.08 Å². The predicted octanol–water partition coefficient (Wildman–Crippen LogP) is 1.95. The van der Waals surface area contributed by atoms with E-state index >= 15 is 0 Å². The summed E-state index contributed by atoms with van der Waals surface area (Å²) in [7, 11) is 0. The summed E-state index contributed by atoms with van der Waals surface area (Å²) in [6, 6.07) is 0. The van der Waals surface area contributed by atoms with Gasteiger partial charge in [-0.05, 0) is 12.8 Å². The average Bonchev–Trinajstić information content (AvgIpc) is 2.56. The third-order valence-electron chi connectivity index (χ3n) is 1.57. The van der Waals surface area contributed by atoms with E-state index in [9.17, 15) is 4.79 Å². The van der Waals surface area contributed by atoms with Crippen molar-refractivity contribution in [2.75, 3.05) is 0 Å². The average molecular weight is 164 g/mol. The Bertz CT molecular complexity index is 252. The Morgan fingerprint density at radius 2 is 2.58 bits per heavy atom. The van der Waals surface area contributed by atoms with E-state index in [1.165, 1.54) is 0 Å². The van der Waals surface area contributed by atoms with Crippen molar-refractivity contribution in [2.24, 2.45) is 0 Å². The van der Waals surface area contributed by atoms with E-state index in [-0.39, 0.29) is 5.78 Å². The molecule has 0 aliphatic carbocycles. The standard InChI is InChI=1S/C9H12N2O/c1-2-3-4-5-8(12)9-10-6-7-11-9/h2,6-7H,1,3-5H2,(H,10,11). The molecule has 0 spiro atoms. The summed E-state index contributed by atoms with van der Waals surface area (Å²) in [5.74, 6) is 0.529. The molecular weight excluding hydrogens is 152 g/mol. The minimum atomic E-state index is 0.0712. The highest BCUT2D eigenvalue weighted by molar-refractivity contribution is 5.92. The van der Waals surface area contributed by atoms with Gasteiger partial charge >= 0.3 is 0 Å². The summed E-state index contributed by atoms with van der Waals surface area (Å²) in [6.45, 7) is 3.59. The monoisotopic (exact) mass is 164 g/mol. The Morgan fingerprint density at radius 3 is 3.17 bits per heavy atom. The molecule has 0 fully saturated rings. The molecule has 12 heavy (non-hydrogen) atoms. The molecule has 0 saturated heterocycles. The molecule has 0 radical (unpaired) electrons. The maximum atomic E-state index is 11.3. The number of hydrogen-bond donors (Lipinski definition) is 1. The molecule has 64 valence electrons. The minimum Gasteiger partial charge on any atom is -0.342 e. The normalized spacial score (nSPS) is 9.67. The van der Waals surface area contributed by atoms with Crippen molar-refractivity contribution in [2.45, 2.75) is 19.3 Å². The quantitative estimate of drug-likeness (QED) is 0.410. The number of nitrogens with one attached hydrogen (secondary N) is 1. The van der Waals surface area contributed by atoms with Crippen molar-refractivity contribution >= 4 is 5.78 Å². The zero-order valence-electron chi connectivity index (χ0n) is 6.92. The van der Waals surface area contributed by atoms with Crippen LogP contribution >= 0.6 is 0 Å². The van der Waals surface area contributed by atoms with Crippen molar-refractivity contribution in [3.05, 3.63) is 30.9 Å². The van der Waals surface area contributed by atoms with E-state index in [2.05, 4.69) is 16.5 Å². The molecule has 0 bridgehead atoms. The Morgan fingerprint density at radius 1 is 1.75 bits per heavy atom. The van der Waals surface area contributed by atoms with Gasteiger partial charge in [-0.2, -0.15) is 0 Å². The molecule has 1 aromatic heterocycles. The number of H-pyrrole nitrogens is 1. The molecule has 1 rings (SSSR count). The maximum Gasteiger partial charge on any atom is 0.198 e. The number of rotatable bonds is 5. The van der Waals surface area contributed by atoms with Gasteiger partial charge in [-0.25, -0.2) is 4.98 Å². The summed E-state index contributed by atoms with van der Waals surface area (Å²) < 4.78 is 0. The smallest absolute Gasteiger partial charge is 0.198 e. The van der Waals surface area contributed by atoms with Gasteiger partial charge in [0.1, 0.15) is 0 Å². The largest absolute Gasteiger partial charge is 0.342 e. The number of nitrogens with zero attached hydrogens (tertiary/aromatic N) is 1. The number of unbranched alkanes of at least 4 members (excludes halogenated alkanes) is 1. The highest BCUT2D eigenvalue weighted by Crippen LogP contribution is 2.01. The molecule has 1 heterocycles. The minimum absolute atomic E-state index is 0.0712. The molecule has 0 atom stereocenters. The molecule has 0 amide bonds. The summed E-state index contributed by atoms with van der Waals surface area (Å²) in [4.78, 5) is 17.9. The van der Waals surface area contributed by atoms with Gasteiger partial charge in [0.2, 0.25) is 0 Å². The second-order valence-electron chi connectivity index (χ2n) is 2.54. The van der Waals surface area contributed by atoms with Crippen LogP contribution in [0.15, 0.2) is 25.0 Å². The van der Waals surface area contributed by atoms with Crippen molar-refractivity contribution in [3.8, 4) is 0 Å². The van der Waals surface area contributed by atoms with Crippen LogP contribution in [0.5, 0.6) is 0 Å². The lowest BCUT2D eigenvalue weighted by atomic mass is 10.2. The van der Waals surface area contributed by atoms with Crippen LogP contribution in [-0.2, 0) is 0 Å². The lowest BCUT2D eigenvalue weighted by Gasteiger charge is -1.93. The summed E-state index contributed by atoms with van der Waals surface area (Å²) in [5.41, 5.74) is 0. The molecule has 0 saturated carbocycles. The number of Topliss-reactive ketones (excluding diaryl/α,β-unsaturated/α-hetero) is 1. The first-order valence-electron chi connectivity index (χ1n) is 3.98. The van der Waals surface area contributed by atoms with E-state index in [1.807, 2.05) is 6.08 Å². The van der Waals surface area contributed by atoms with E-state index in [0.717, 1.165) is 12.8 Å². The zero-order valence-corrected chi connectivity index (χ0v) is 6.92. The van der Waals surface area contributed by atoms with Crippen LogP contribution in [0.1, 0.15) is 29.9 Å². The Kier molecular flexibility index (Phi) is 3.26. The Labute approximate surface area is 71.5 Å². The van der Waals surface area contributed by atoms with Crippen molar-refractivity contribution in [3.63, 3.8) is 0 Å². The van der Waals surface area contributed by atoms with Gasteiger partial charge in [-0.3, -0.25) is 4.79 Å². The van der Waals surface area contributed by atoms with Crippen molar-refractivity contribution in [1.29, 1.82) is 0 Å².